The second-order valence-corrected chi connectivity index (χ2v) is 6.29. The molecule has 3 rings (SSSR count). The van der Waals surface area contributed by atoms with Crippen LogP contribution in [0, 0.1) is 5.82 Å². The third kappa shape index (κ3) is 2.74. The van der Waals surface area contributed by atoms with Crippen LogP contribution in [0.4, 0.5) is 4.39 Å². The molecule has 1 aromatic carbocycles. The zero-order valence-electron chi connectivity index (χ0n) is 12.4. The summed E-state index contributed by atoms with van der Waals surface area (Å²) in [6.07, 6.45) is 0. The van der Waals surface area contributed by atoms with Crippen LogP contribution in [0.25, 0.3) is 11.3 Å². The van der Waals surface area contributed by atoms with Gasteiger partial charge in [-0.2, -0.15) is 0 Å². The monoisotopic (exact) mass is 321 g/mol. The number of rotatable bonds is 4. The number of hydrogen-bond acceptors (Lipinski definition) is 5. The number of likely N-dealkylation sites (N-methyl/N-ethyl adjacent to an activating group) is 1. The summed E-state index contributed by atoms with van der Waals surface area (Å²) in [7, 11) is 3.87. The first-order valence-corrected chi connectivity index (χ1v) is 7.89. The lowest BCUT2D eigenvalue weighted by molar-refractivity contribution is 0.0913. The molecule has 7 heteroatoms. The molecule has 1 N–H and O–H groups in total. The minimum Gasteiger partial charge on any atom is -0.350 e. The second kappa shape index (κ2) is 6.10. The molecule has 2 heterocycles. The molecule has 0 unspecified atom stereocenters. The number of hydrogen-bond donors (Lipinski definition) is 1. The number of nitrogens with one attached hydrogen (secondary N) is 1. The van der Waals surface area contributed by atoms with Gasteiger partial charge < -0.3 is 14.7 Å². The Morgan fingerprint density at radius 2 is 2.32 bits per heavy atom. The van der Waals surface area contributed by atoms with E-state index < -0.39 is 0 Å². The molecule has 0 saturated carbocycles. The zero-order chi connectivity index (χ0) is 15.7. The van der Waals surface area contributed by atoms with Crippen LogP contribution in [0.1, 0.15) is 16.1 Å². The van der Waals surface area contributed by atoms with Gasteiger partial charge >= 0.3 is 0 Å². The fourth-order valence-corrected chi connectivity index (χ4v) is 3.38. The summed E-state index contributed by atoms with van der Waals surface area (Å²) < 4.78 is 19.0. The summed E-state index contributed by atoms with van der Waals surface area (Å²) in [4.78, 5) is 14.7. The Balaban J connectivity index is 1.85. The molecule has 1 amide bonds. The van der Waals surface area contributed by atoms with Gasteiger partial charge in [0.1, 0.15) is 11.5 Å². The van der Waals surface area contributed by atoms with Crippen molar-refractivity contribution in [1.29, 1.82) is 0 Å². The number of amides is 1. The molecule has 0 fully saturated rings. The maximum absolute atomic E-state index is 13.8. The molecule has 2 aromatic rings. The van der Waals surface area contributed by atoms with E-state index in [1.807, 2.05) is 19.0 Å². The molecular weight excluding hydrogens is 305 g/mol. The number of benzene rings is 1. The van der Waals surface area contributed by atoms with Gasteiger partial charge in [-0.15, -0.1) is 11.8 Å². The average Bonchev–Trinajstić information content (AvgIpc) is 2.91. The summed E-state index contributed by atoms with van der Waals surface area (Å²) in [5, 5.41) is 6.78. The molecule has 1 aliphatic heterocycles. The van der Waals surface area contributed by atoms with Crippen molar-refractivity contribution in [3.05, 3.63) is 35.3 Å². The van der Waals surface area contributed by atoms with Crippen molar-refractivity contribution >= 4 is 17.7 Å². The fourth-order valence-electron chi connectivity index (χ4n) is 2.29. The predicted octanol–water partition coefficient (Wildman–Crippen LogP) is 2.38. The van der Waals surface area contributed by atoms with E-state index in [1.165, 1.54) is 17.8 Å². The van der Waals surface area contributed by atoms with Crippen molar-refractivity contribution in [2.75, 3.05) is 27.2 Å². The van der Waals surface area contributed by atoms with Gasteiger partial charge in [0.2, 0.25) is 5.76 Å². The van der Waals surface area contributed by atoms with Crippen molar-refractivity contribution in [3.8, 4) is 11.3 Å². The van der Waals surface area contributed by atoms with Crippen molar-refractivity contribution in [1.82, 2.24) is 15.4 Å². The number of nitrogens with zero attached hydrogens (tertiary/aromatic N) is 2. The SMILES string of the molecule is CN(C)CCNC(=O)c1onc2c1CSc1c(F)cccc1-2. The number of aromatic nitrogens is 1. The normalized spacial score (nSPS) is 12.9. The molecule has 0 spiro atoms. The molecule has 0 aliphatic carbocycles. The van der Waals surface area contributed by atoms with Crippen molar-refractivity contribution < 1.29 is 13.7 Å². The van der Waals surface area contributed by atoms with E-state index in [0.29, 0.717) is 28.5 Å². The molecule has 0 radical (unpaired) electrons. The summed E-state index contributed by atoms with van der Waals surface area (Å²) >= 11 is 1.36. The van der Waals surface area contributed by atoms with Gasteiger partial charge in [0, 0.05) is 30.0 Å². The van der Waals surface area contributed by atoms with Crippen molar-refractivity contribution in [3.63, 3.8) is 0 Å². The summed E-state index contributed by atoms with van der Waals surface area (Å²) in [6.45, 7) is 1.27. The number of carbonyl (C=O) groups excluding carboxylic acids is 1. The van der Waals surface area contributed by atoms with Crippen LogP contribution in [-0.2, 0) is 5.75 Å². The fraction of sp³-hybridized carbons (Fsp3) is 0.333. The molecule has 0 bridgehead atoms. The van der Waals surface area contributed by atoms with E-state index in [9.17, 15) is 9.18 Å². The van der Waals surface area contributed by atoms with Crippen LogP contribution in [-0.4, -0.2) is 43.1 Å². The van der Waals surface area contributed by atoms with Crippen LogP contribution in [0.2, 0.25) is 0 Å². The maximum atomic E-state index is 13.8. The average molecular weight is 321 g/mol. The highest BCUT2D eigenvalue weighted by atomic mass is 32.2. The van der Waals surface area contributed by atoms with Crippen LogP contribution in [0.5, 0.6) is 0 Å². The van der Waals surface area contributed by atoms with E-state index in [0.717, 1.165) is 12.1 Å². The first-order chi connectivity index (χ1) is 10.6. The van der Waals surface area contributed by atoms with E-state index in [1.54, 1.807) is 12.1 Å². The predicted molar refractivity (Wildman–Crippen MR) is 82.3 cm³/mol. The van der Waals surface area contributed by atoms with Crippen molar-refractivity contribution in [2.45, 2.75) is 10.6 Å². The van der Waals surface area contributed by atoms with Gasteiger partial charge in [-0.05, 0) is 20.2 Å². The molecule has 0 saturated heterocycles. The van der Waals surface area contributed by atoms with Crippen LogP contribution >= 0.6 is 11.8 Å². The Hall–Kier alpha value is -1.86. The van der Waals surface area contributed by atoms with Gasteiger partial charge in [-0.3, -0.25) is 4.79 Å². The highest BCUT2D eigenvalue weighted by Crippen LogP contribution is 2.43. The Morgan fingerprint density at radius 3 is 3.09 bits per heavy atom. The van der Waals surface area contributed by atoms with Gasteiger partial charge in [-0.25, -0.2) is 4.39 Å². The molecule has 22 heavy (non-hydrogen) atoms. The maximum Gasteiger partial charge on any atom is 0.290 e. The first kappa shape index (κ1) is 15.1. The molecule has 0 atom stereocenters. The number of halogens is 1. The summed E-state index contributed by atoms with van der Waals surface area (Å²) in [5.41, 5.74) is 1.97. The standard InChI is InChI=1S/C15H16FN3O2S/c1-19(2)7-6-17-15(20)13-10-8-22-14-9(12(10)18-21-13)4-3-5-11(14)16/h3-5H,6-8H2,1-2H3,(H,17,20). The minimum absolute atomic E-state index is 0.219. The van der Waals surface area contributed by atoms with Gasteiger partial charge in [-0.1, -0.05) is 17.3 Å². The molecular formula is C15H16FN3O2S. The lowest BCUT2D eigenvalue weighted by atomic mass is 10.1. The summed E-state index contributed by atoms with van der Waals surface area (Å²) in [5.74, 6) is 0.142. The third-order valence-corrected chi connectivity index (χ3v) is 4.56. The lowest BCUT2D eigenvalue weighted by Crippen LogP contribution is -2.31. The van der Waals surface area contributed by atoms with Crippen LogP contribution in [0.3, 0.4) is 0 Å². The Labute approximate surface area is 131 Å². The van der Waals surface area contributed by atoms with Gasteiger partial charge in [0.05, 0.1) is 4.90 Å². The van der Waals surface area contributed by atoms with Crippen LogP contribution < -0.4 is 5.32 Å². The summed E-state index contributed by atoms with van der Waals surface area (Å²) in [6, 6.07) is 4.85. The highest BCUT2D eigenvalue weighted by Gasteiger charge is 2.29. The molecule has 5 nitrogen and oxygen atoms in total. The Bertz CT molecular complexity index is 715. The van der Waals surface area contributed by atoms with E-state index in [2.05, 4.69) is 10.5 Å². The van der Waals surface area contributed by atoms with Gasteiger partial charge in [0.25, 0.3) is 5.91 Å². The molecule has 116 valence electrons. The van der Waals surface area contributed by atoms with E-state index >= 15 is 0 Å². The number of fused-ring (bicyclic) bond motifs is 3. The zero-order valence-corrected chi connectivity index (χ0v) is 13.2. The van der Waals surface area contributed by atoms with E-state index in [-0.39, 0.29) is 17.5 Å². The number of thioether (sulfide) groups is 1. The quantitative estimate of drug-likeness (QED) is 0.937. The van der Waals surface area contributed by atoms with Crippen molar-refractivity contribution in [2.24, 2.45) is 0 Å². The Morgan fingerprint density at radius 1 is 1.50 bits per heavy atom. The first-order valence-electron chi connectivity index (χ1n) is 6.91. The second-order valence-electron chi connectivity index (χ2n) is 5.30. The lowest BCUT2D eigenvalue weighted by Gasteiger charge is -2.15. The molecule has 1 aliphatic rings. The minimum atomic E-state index is -0.281. The third-order valence-electron chi connectivity index (χ3n) is 3.42. The van der Waals surface area contributed by atoms with E-state index in [4.69, 9.17) is 4.52 Å². The smallest absolute Gasteiger partial charge is 0.290 e. The number of carbonyl (C=O) groups is 1. The Kier molecular flexibility index (Phi) is 4.17. The molecule has 1 aromatic heterocycles. The van der Waals surface area contributed by atoms with Crippen LogP contribution in [0.15, 0.2) is 27.6 Å². The van der Waals surface area contributed by atoms with Gasteiger partial charge in [0.15, 0.2) is 0 Å². The highest BCUT2D eigenvalue weighted by molar-refractivity contribution is 7.98. The largest absolute Gasteiger partial charge is 0.350 e. The topological polar surface area (TPSA) is 58.4 Å².